The molecule has 2 heterocycles. The molecule has 0 radical (unpaired) electrons. The second-order valence-corrected chi connectivity index (χ2v) is 5.99. The topological polar surface area (TPSA) is 61.4 Å². The Morgan fingerprint density at radius 2 is 2.23 bits per heavy atom. The van der Waals surface area contributed by atoms with Gasteiger partial charge in [-0.3, -0.25) is 9.59 Å². The Bertz CT molecular complexity index is 604. The van der Waals surface area contributed by atoms with E-state index in [1.54, 1.807) is 0 Å². The van der Waals surface area contributed by atoms with E-state index < -0.39 is 11.9 Å². The van der Waals surface area contributed by atoms with Crippen LogP contribution >= 0.6 is 11.6 Å². The molecule has 2 fully saturated rings. The van der Waals surface area contributed by atoms with Crippen LogP contribution in [0.25, 0.3) is 0 Å². The molecule has 2 unspecified atom stereocenters. The summed E-state index contributed by atoms with van der Waals surface area (Å²) >= 11 is 5.76. The average Bonchev–Trinajstić information content (AvgIpc) is 3.13. The summed E-state index contributed by atoms with van der Waals surface area (Å²) in [5.74, 6) is -0.835. The smallest absolute Gasteiger partial charge is 0.249 e. The molecule has 2 atom stereocenters. The fourth-order valence-corrected chi connectivity index (χ4v) is 3.08. The number of amides is 2. The van der Waals surface area contributed by atoms with Crippen molar-refractivity contribution in [1.29, 1.82) is 0 Å². The molecule has 0 saturated carbocycles. The minimum Gasteiger partial charge on any atom is -0.343 e. The minimum atomic E-state index is -0.529. The number of anilines is 1. The SMILES string of the molecule is O=C(NC1CCN(c2ccc(F)c(Cl)c2)C1=O)C1CCCN1. The second kappa shape index (κ2) is 6.22. The Morgan fingerprint density at radius 3 is 2.91 bits per heavy atom. The van der Waals surface area contributed by atoms with Crippen LogP contribution in [0.4, 0.5) is 10.1 Å². The Labute approximate surface area is 132 Å². The molecule has 0 bridgehead atoms. The van der Waals surface area contributed by atoms with E-state index in [-0.39, 0.29) is 22.9 Å². The van der Waals surface area contributed by atoms with E-state index in [4.69, 9.17) is 11.6 Å². The van der Waals surface area contributed by atoms with Crippen molar-refractivity contribution in [2.24, 2.45) is 0 Å². The van der Waals surface area contributed by atoms with Crippen molar-refractivity contribution in [2.75, 3.05) is 18.0 Å². The van der Waals surface area contributed by atoms with Crippen LogP contribution in [-0.2, 0) is 9.59 Å². The molecular weight excluding hydrogens is 309 g/mol. The highest BCUT2D eigenvalue weighted by molar-refractivity contribution is 6.31. The lowest BCUT2D eigenvalue weighted by Gasteiger charge is -2.18. The standard InChI is InChI=1S/C15H17ClFN3O2/c16-10-8-9(3-4-11(10)17)20-7-5-13(15(20)22)19-14(21)12-2-1-6-18-12/h3-4,8,12-13,18H,1-2,5-7H2,(H,19,21). The lowest BCUT2D eigenvalue weighted by atomic mass is 10.2. The van der Waals surface area contributed by atoms with Crippen LogP contribution in [-0.4, -0.2) is 37.0 Å². The minimum absolute atomic E-state index is 0.0204. The third-order valence-corrected chi connectivity index (χ3v) is 4.40. The lowest BCUT2D eigenvalue weighted by Crippen LogP contribution is -2.48. The van der Waals surface area contributed by atoms with Crippen LogP contribution in [0.3, 0.4) is 0 Å². The first kappa shape index (κ1) is 15.2. The number of hydrogen-bond donors (Lipinski definition) is 2. The largest absolute Gasteiger partial charge is 0.343 e. The highest BCUT2D eigenvalue weighted by Crippen LogP contribution is 2.26. The summed E-state index contributed by atoms with van der Waals surface area (Å²) in [7, 11) is 0. The van der Waals surface area contributed by atoms with Crippen LogP contribution in [0.1, 0.15) is 19.3 Å². The molecule has 118 valence electrons. The van der Waals surface area contributed by atoms with Gasteiger partial charge in [-0.15, -0.1) is 0 Å². The third-order valence-electron chi connectivity index (χ3n) is 4.11. The molecule has 22 heavy (non-hydrogen) atoms. The molecule has 5 nitrogen and oxygen atoms in total. The van der Waals surface area contributed by atoms with Gasteiger partial charge >= 0.3 is 0 Å². The van der Waals surface area contributed by atoms with E-state index in [9.17, 15) is 14.0 Å². The zero-order chi connectivity index (χ0) is 15.7. The second-order valence-electron chi connectivity index (χ2n) is 5.59. The fraction of sp³-hybridized carbons (Fsp3) is 0.467. The molecule has 2 aliphatic rings. The Hall–Kier alpha value is -1.66. The van der Waals surface area contributed by atoms with Crippen LogP contribution in [0.2, 0.25) is 5.02 Å². The lowest BCUT2D eigenvalue weighted by molar-refractivity contribution is -0.127. The van der Waals surface area contributed by atoms with Crippen molar-refractivity contribution in [1.82, 2.24) is 10.6 Å². The molecule has 1 aromatic carbocycles. The molecule has 3 rings (SSSR count). The average molecular weight is 326 g/mol. The van der Waals surface area contributed by atoms with Crippen molar-refractivity contribution in [3.8, 4) is 0 Å². The number of carbonyl (C=O) groups excluding carboxylic acids is 2. The number of benzene rings is 1. The molecule has 1 aromatic rings. The van der Waals surface area contributed by atoms with Gasteiger partial charge < -0.3 is 15.5 Å². The van der Waals surface area contributed by atoms with E-state index in [0.717, 1.165) is 19.4 Å². The van der Waals surface area contributed by atoms with Gasteiger partial charge in [0.05, 0.1) is 11.1 Å². The molecule has 2 N–H and O–H groups in total. The van der Waals surface area contributed by atoms with Gasteiger partial charge in [0.15, 0.2) is 0 Å². The summed E-state index contributed by atoms with van der Waals surface area (Å²) in [5.41, 5.74) is 0.548. The predicted molar refractivity (Wildman–Crippen MR) is 81.3 cm³/mol. The Morgan fingerprint density at radius 1 is 1.41 bits per heavy atom. The van der Waals surface area contributed by atoms with Gasteiger partial charge in [-0.05, 0) is 44.0 Å². The number of carbonyl (C=O) groups is 2. The highest BCUT2D eigenvalue weighted by Gasteiger charge is 2.35. The van der Waals surface area contributed by atoms with Gasteiger partial charge in [0.25, 0.3) is 0 Å². The zero-order valence-electron chi connectivity index (χ0n) is 11.9. The van der Waals surface area contributed by atoms with Crippen LogP contribution in [0, 0.1) is 5.82 Å². The Balaban J connectivity index is 1.66. The predicted octanol–water partition coefficient (Wildman–Crippen LogP) is 1.45. The first-order valence-electron chi connectivity index (χ1n) is 7.36. The molecule has 0 aromatic heterocycles. The number of nitrogens with zero attached hydrogens (tertiary/aromatic N) is 1. The van der Waals surface area contributed by atoms with E-state index in [1.165, 1.54) is 23.1 Å². The van der Waals surface area contributed by atoms with Gasteiger partial charge in [-0.1, -0.05) is 11.6 Å². The normalized spacial score (nSPS) is 24.8. The van der Waals surface area contributed by atoms with Gasteiger partial charge in [-0.2, -0.15) is 0 Å². The zero-order valence-corrected chi connectivity index (χ0v) is 12.7. The van der Waals surface area contributed by atoms with Crippen LogP contribution in [0.5, 0.6) is 0 Å². The van der Waals surface area contributed by atoms with Crippen molar-refractivity contribution in [3.05, 3.63) is 29.0 Å². The van der Waals surface area contributed by atoms with E-state index in [2.05, 4.69) is 10.6 Å². The summed E-state index contributed by atoms with van der Waals surface area (Å²) in [5, 5.41) is 5.88. The third kappa shape index (κ3) is 2.94. The molecule has 2 saturated heterocycles. The number of halogens is 2. The quantitative estimate of drug-likeness (QED) is 0.884. The molecular formula is C15H17ClFN3O2. The summed E-state index contributed by atoms with van der Waals surface area (Å²) in [6, 6.07) is 3.44. The number of rotatable bonds is 3. The van der Waals surface area contributed by atoms with Crippen molar-refractivity contribution >= 4 is 29.1 Å². The van der Waals surface area contributed by atoms with Gasteiger partial charge in [0.1, 0.15) is 11.9 Å². The molecule has 7 heteroatoms. The number of hydrogen-bond acceptors (Lipinski definition) is 3. The van der Waals surface area contributed by atoms with Gasteiger partial charge in [0.2, 0.25) is 11.8 Å². The van der Waals surface area contributed by atoms with E-state index in [0.29, 0.717) is 18.7 Å². The van der Waals surface area contributed by atoms with Gasteiger partial charge in [-0.25, -0.2) is 4.39 Å². The first-order valence-corrected chi connectivity index (χ1v) is 7.74. The molecule has 2 amide bonds. The number of nitrogens with one attached hydrogen (secondary N) is 2. The highest BCUT2D eigenvalue weighted by atomic mass is 35.5. The van der Waals surface area contributed by atoms with Crippen molar-refractivity contribution in [3.63, 3.8) is 0 Å². The maximum atomic E-state index is 13.2. The van der Waals surface area contributed by atoms with Crippen molar-refractivity contribution < 1.29 is 14.0 Å². The molecule has 0 aliphatic carbocycles. The fourth-order valence-electron chi connectivity index (χ4n) is 2.90. The van der Waals surface area contributed by atoms with E-state index in [1.807, 2.05) is 0 Å². The van der Waals surface area contributed by atoms with Crippen molar-refractivity contribution in [2.45, 2.75) is 31.3 Å². The van der Waals surface area contributed by atoms with Crippen LogP contribution in [0.15, 0.2) is 18.2 Å². The summed E-state index contributed by atoms with van der Waals surface area (Å²) < 4.78 is 13.2. The van der Waals surface area contributed by atoms with Crippen LogP contribution < -0.4 is 15.5 Å². The first-order chi connectivity index (χ1) is 10.6. The summed E-state index contributed by atoms with van der Waals surface area (Å²) in [6.45, 7) is 1.31. The van der Waals surface area contributed by atoms with E-state index >= 15 is 0 Å². The summed E-state index contributed by atoms with van der Waals surface area (Å²) in [6.07, 6.45) is 2.30. The monoisotopic (exact) mass is 325 g/mol. The summed E-state index contributed by atoms with van der Waals surface area (Å²) in [4.78, 5) is 26.0. The van der Waals surface area contributed by atoms with Gasteiger partial charge in [0, 0.05) is 12.2 Å². The maximum Gasteiger partial charge on any atom is 0.249 e. The molecule has 2 aliphatic heterocycles. The Kier molecular flexibility index (Phi) is 4.31. The molecule has 0 spiro atoms. The maximum absolute atomic E-state index is 13.2.